The van der Waals surface area contributed by atoms with Gasteiger partial charge in [0.15, 0.2) is 4.84 Å². The number of nitrogens with zero attached hydrogens (tertiary/aromatic N) is 1. The SMILES string of the molecule is CCCN1C(=O)NC(c2cccc(NC(=O)C(Cl)Cl)c2)C(C(=O)OC(C)C)=C1C. The van der Waals surface area contributed by atoms with Gasteiger partial charge in [-0.25, -0.2) is 9.59 Å². The number of ether oxygens (including phenoxy) is 1. The molecule has 0 bridgehead atoms. The van der Waals surface area contributed by atoms with Crippen LogP contribution >= 0.6 is 23.2 Å². The molecule has 29 heavy (non-hydrogen) atoms. The number of allylic oxidation sites excluding steroid dienone is 1. The number of anilines is 1. The van der Waals surface area contributed by atoms with E-state index >= 15 is 0 Å². The van der Waals surface area contributed by atoms with Gasteiger partial charge < -0.3 is 15.4 Å². The van der Waals surface area contributed by atoms with Crippen molar-refractivity contribution in [2.45, 2.75) is 51.1 Å². The third-order valence-corrected chi connectivity index (χ3v) is 4.69. The number of carbonyl (C=O) groups is 3. The van der Waals surface area contributed by atoms with Crippen molar-refractivity contribution in [2.24, 2.45) is 0 Å². The molecule has 158 valence electrons. The number of hydrogen-bond acceptors (Lipinski definition) is 4. The summed E-state index contributed by atoms with van der Waals surface area (Å²) in [5.74, 6) is -1.07. The van der Waals surface area contributed by atoms with Crippen LogP contribution in [0, 0.1) is 0 Å². The molecule has 0 fully saturated rings. The van der Waals surface area contributed by atoms with Crippen LogP contribution in [0.4, 0.5) is 10.5 Å². The van der Waals surface area contributed by atoms with Gasteiger partial charge in [-0.2, -0.15) is 0 Å². The summed E-state index contributed by atoms with van der Waals surface area (Å²) >= 11 is 11.2. The zero-order valence-corrected chi connectivity index (χ0v) is 18.3. The van der Waals surface area contributed by atoms with Gasteiger partial charge in [0, 0.05) is 17.9 Å². The topological polar surface area (TPSA) is 87.7 Å². The van der Waals surface area contributed by atoms with Crippen molar-refractivity contribution in [1.82, 2.24) is 10.2 Å². The molecular weight excluding hydrogens is 417 g/mol. The number of urea groups is 1. The largest absolute Gasteiger partial charge is 0.459 e. The standard InChI is InChI=1S/C20H25Cl2N3O4/c1-5-9-25-12(4)15(19(27)29-11(2)3)16(24-20(25)28)13-7-6-8-14(10-13)23-18(26)17(21)22/h6-8,10-11,16-17H,5,9H2,1-4H3,(H,23,26)(H,24,28). The third-order valence-electron chi connectivity index (χ3n) is 4.29. The van der Waals surface area contributed by atoms with Crippen LogP contribution in [0.5, 0.6) is 0 Å². The Bertz CT molecular complexity index is 824. The van der Waals surface area contributed by atoms with Crippen molar-refractivity contribution in [3.05, 3.63) is 41.1 Å². The predicted octanol–water partition coefficient (Wildman–Crippen LogP) is 4.13. The second-order valence-corrected chi connectivity index (χ2v) is 8.00. The minimum atomic E-state index is -1.21. The summed E-state index contributed by atoms with van der Waals surface area (Å²) in [4.78, 5) is 37.6. The van der Waals surface area contributed by atoms with Gasteiger partial charge >= 0.3 is 12.0 Å². The smallest absolute Gasteiger partial charge is 0.338 e. The number of alkyl halides is 2. The van der Waals surface area contributed by atoms with Gasteiger partial charge in [0.1, 0.15) is 0 Å². The Morgan fingerprint density at radius 2 is 2.00 bits per heavy atom. The van der Waals surface area contributed by atoms with E-state index in [1.165, 1.54) is 4.90 Å². The molecule has 0 saturated heterocycles. The molecule has 1 aliphatic rings. The first-order chi connectivity index (χ1) is 13.6. The highest BCUT2D eigenvalue weighted by molar-refractivity contribution is 6.54. The summed E-state index contributed by atoms with van der Waals surface area (Å²) in [6.45, 7) is 7.69. The Morgan fingerprint density at radius 1 is 1.31 bits per heavy atom. The molecule has 0 spiro atoms. The number of nitrogens with one attached hydrogen (secondary N) is 2. The molecule has 2 rings (SSSR count). The molecule has 1 atom stereocenters. The van der Waals surface area contributed by atoms with E-state index in [1.54, 1.807) is 45.0 Å². The minimum absolute atomic E-state index is 0.300. The average Bonchev–Trinajstić information content (AvgIpc) is 2.64. The monoisotopic (exact) mass is 441 g/mol. The average molecular weight is 442 g/mol. The lowest BCUT2D eigenvalue weighted by atomic mass is 9.94. The van der Waals surface area contributed by atoms with Crippen molar-refractivity contribution in [2.75, 3.05) is 11.9 Å². The Labute approximate surface area is 180 Å². The first kappa shape index (κ1) is 23.0. The number of amides is 3. The highest BCUT2D eigenvalue weighted by atomic mass is 35.5. The van der Waals surface area contributed by atoms with Crippen LogP contribution in [0.25, 0.3) is 0 Å². The first-order valence-electron chi connectivity index (χ1n) is 9.34. The molecule has 0 aromatic heterocycles. The van der Waals surface area contributed by atoms with Crippen molar-refractivity contribution in [3.63, 3.8) is 0 Å². The molecule has 3 amide bonds. The van der Waals surface area contributed by atoms with Gasteiger partial charge in [-0.3, -0.25) is 9.69 Å². The Hall–Kier alpha value is -2.25. The molecule has 2 N–H and O–H groups in total. The van der Waals surface area contributed by atoms with Gasteiger partial charge in [0.2, 0.25) is 0 Å². The molecule has 1 heterocycles. The summed E-state index contributed by atoms with van der Waals surface area (Å²) in [5.41, 5.74) is 1.95. The fourth-order valence-corrected chi connectivity index (χ4v) is 3.17. The second kappa shape index (κ2) is 9.98. The number of hydrogen-bond donors (Lipinski definition) is 2. The van der Waals surface area contributed by atoms with E-state index in [9.17, 15) is 14.4 Å². The predicted molar refractivity (Wildman–Crippen MR) is 113 cm³/mol. The van der Waals surface area contributed by atoms with E-state index in [0.29, 0.717) is 29.1 Å². The summed E-state index contributed by atoms with van der Waals surface area (Å²) in [7, 11) is 0. The number of benzene rings is 1. The fraction of sp³-hybridized carbons (Fsp3) is 0.450. The highest BCUT2D eigenvalue weighted by Gasteiger charge is 2.36. The van der Waals surface area contributed by atoms with Crippen LogP contribution in [0.1, 0.15) is 45.7 Å². The maximum absolute atomic E-state index is 12.8. The summed E-state index contributed by atoms with van der Waals surface area (Å²) in [6.07, 6.45) is 0.428. The quantitative estimate of drug-likeness (QED) is 0.491. The first-order valence-corrected chi connectivity index (χ1v) is 10.2. The normalized spacial score (nSPS) is 16.9. The van der Waals surface area contributed by atoms with E-state index in [2.05, 4.69) is 10.6 Å². The summed E-state index contributed by atoms with van der Waals surface area (Å²) < 4.78 is 5.42. The van der Waals surface area contributed by atoms with Crippen molar-refractivity contribution in [1.29, 1.82) is 0 Å². The molecule has 0 radical (unpaired) electrons. The van der Waals surface area contributed by atoms with E-state index < -0.39 is 22.8 Å². The summed E-state index contributed by atoms with van der Waals surface area (Å²) in [5, 5.41) is 5.46. The minimum Gasteiger partial charge on any atom is -0.459 e. The lowest BCUT2D eigenvalue weighted by molar-refractivity contribution is -0.143. The van der Waals surface area contributed by atoms with Gasteiger partial charge in [-0.15, -0.1) is 0 Å². The number of rotatable bonds is 7. The Kier molecular flexibility index (Phi) is 7.93. The maximum atomic E-state index is 12.8. The zero-order chi connectivity index (χ0) is 21.7. The van der Waals surface area contributed by atoms with Crippen LogP contribution < -0.4 is 10.6 Å². The van der Waals surface area contributed by atoms with E-state index in [4.69, 9.17) is 27.9 Å². The van der Waals surface area contributed by atoms with Gasteiger partial charge in [-0.05, 0) is 44.9 Å². The maximum Gasteiger partial charge on any atom is 0.338 e. The molecule has 1 aliphatic heterocycles. The van der Waals surface area contributed by atoms with Crippen LogP contribution in [0.2, 0.25) is 0 Å². The van der Waals surface area contributed by atoms with Crippen molar-refractivity contribution >= 4 is 46.8 Å². The van der Waals surface area contributed by atoms with Gasteiger partial charge in [0.25, 0.3) is 5.91 Å². The van der Waals surface area contributed by atoms with Crippen LogP contribution in [0.15, 0.2) is 35.5 Å². The lowest BCUT2D eigenvalue weighted by Gasteiger charge is -2.35. The summed E-state index contributed by atoms with van der Waals surface area (Å²) in [6, 6.07) is 5.75. The number of esters is 1. The lowest BCUT2D eigenvalue weighted by Crippen LogP contribution is -2.48. The Balaban J connectivity index is 2.47. The molecule has 0 saturated carbocycles. The Morgan fingerprint density at radius 3 is 2.59 bits per heavy atom. The number of halogens is 2. The van der Waals surface area contributed by atoms with Crippen molar-refractivity contribution in [3.8, 4) is 0 Å². The van der Waals surface area contributed by atoms with Gasteiger partial charge in [0.05, 0.1) is 17.7 Å². The van der Waals surface area contributed by atoms with Crippen LogP contribution in [-0.2, 0) is 14.3 Å². The van der Waals surface area contributed by atoms with Crippen LogP contribution in [-0.4, -0.2) is 40.3 Å². The molecule has 1 aromatic rings. The third kappa shape index (κ3) is 5.64. The van der Waals surface area contributed by atoms with E-state index in [1.807, 2.05) is 6.92 Å². The molecular formula is C20H25Cl2N3O4. The molecule has 1 unspecified atom stereocenters. The molecule has 0 aliphatic carbocycles. The van der Waals surface area contributed by atoms with E-state index in [0.717, 1.165) is 6.42 Å². The van der Waals surface area contributed by atoms with E-state index in [-0.39, 0.29) is 12.1 Å². The fourth-order valence-electron chi connectivity index (χ4n) is 3.06. The van der Waals surface area contributed by atoms with Crippen molar-refractivity contribution < 1.29 is 19.1 Å². The number of carbonyl (C=O) groups excluding carboxylic acids is 3. The molecule has 9 heteroatoms. The second-order valence-electron chi connectivity index (χ2n) is 6.90. The molecule has 1 aromatic carbocycles. The zero-order valence-electron chi connectivity index (χ0n) is 16.8. The highest BCUT2D eigenvalue weighted by Crippen LogP contribution is 2.32. The van der Waals surface area contributed by atoms with Gasteiger partial charge in [-0.1, -0.05) is 42.3 Å². The molecule has 7 nitrogen and oxygen atoms in total. The van der Waals surface area contributed by atoms with Crippen LogP contribution in [0.3, 0.4) is 0 Å².